The third kappa shape index (κ3) is 8.43. The average molecular weight is 282 g/mol. The van der Waals surface area contributed by atoms with Crippen LogP contribution < -0.4 is 0 Å². The molecule has 0 aliphatic carbocycles. The van der Waals surface area contributed by atoms with Gasteiger partial charge in [0.25, 0.3) is 0 Å². The summed E-state index contributed by atoms with van der Waals surface area (Å²) >= 11 is 0. The van der Waals surface area contributed by atoms with Gasteiger partial charge in [-0.25, -0.2) is 8.42 Å². The third-order valence-corrected chi connectivity index (χ3v) is 4.20. The highest BCUT2D eigenvalue weighted by atomic mass is 32.2. The van der Waals surface area contributed by atoms with Crippen LogP contribution in [0.5, 0.6) is 0 Å². The van der Waals surface area contributed by atoms with Crippen molar-refractivity contribution >= 4 is 15.8 Å². The Morgan fingerprint density at radius 1 is 1.17 bits per heavy atom. The predicted octanol–water partition coefficient (Wildman–Crippen LogP) is 0.263. The maximum Gasteiger partial charge on any atom is 0.309 e. The molecular weight excluding hydrogens is 260 g/mol. The standard InChI is InChI=1S/C11H22O6S/c1-10(11(12)16-3)9-18(13,14)8-4-5-17-7-6-15-2/h10H,4-9H2,1-3H3. The summed E-state index contributed by atoms with van der Waals surface area (Å²) in [6, 6.07) is 0. The first-order valence-electron chi connectivity index (χ1n) is 5.78. The van der Waals surface area contributed by atoms with Crippen LogP contribution in [-0.4, -0.2) is 59.9 Å². The molecule has 0 aromatic rings. The Morgan fingerprint density at radius 2 is 1.83 bits per heavy atom. The Balaban J connectivity index is 3.84. The number of sulfone groups is 1. The summed E-state index contributed by atoms with van der Waals surface area (Å²) in [4.78, 5) is 11.1. The van der Waals surface area contributed by atoms with Crippen LogP contribution in [0.4, 0.5) is 0 Å². The molecule has 1 atom stereocenters. The van der Waals surface area contributed by atoms with E-state index in [-0.39, 0.29) is 11.5 Å². The number of ether oxygens (including phenoxy) is 3. The van der Waals surface area contributed by atoms with E-state index in [2.05, 4.69) is 4.74 Å². The van der Waals surface area contributed by atoms with Gasteiger partial charge in [0.1, 0.15) is 0 Å². The van der Waals surface area contributed by atoms with Gasteiger partial charge in [0.05, 0.1) is 37.7 Å². The van der Waals surface area contributed by atoms with Gasteiger partial charge >= 0.3 is 5.97 Å². The molecule has 0 saturated heterocycles. The summed E-state index contributed by atoms with van der Waals surface area (Å²) in [7, 11) is -0.424. The highest BCUT2D eigenvalue weighted by Crippen LogP contribution is 2.05. The number of carbonyl (C=O) groups excluding carboxylic acids is 1. The molecule has 108 valence electrons. The fourth-order valence-electron chi connectivity index (χ4n) is 1.36. The molecule has 0 N–H and O–H groups in total. The summed E-state index contributed by atoms with van der Waals surface area (Å²) in [6.45, 7) is 2.86. The molecule has 0 radical (unpaired) electrons. The molecule has 0 heterocycles. The maximum atomic E-state index is 11.7. The zero-order valence-electron chi connectivity index (χ0n) is 11.2. The summed E-state index contributed by atoms with van der Waals surface area (Å²) in [5, 5.41) is 0. The van der Waals surface area contributed by atoms with Gasteiger partial charge < -0.3 is 14.2 Å². The van der Waals surface area contributed by atoms with Crippen molar-refractivity contribution in [2.45, 2.75) is 13.3 Å². The first-order chi connectivity index (χ1) is 8.43. The molecule has 6 nitrogen and oxygen atoms in total. The first kappa shape index (κ1) is 17.3. The van der Waals surface area contributed by atoms with E-state index in [1.807, 2.05) is 0 Å². The van der Waals surface area contributed by atoms with Gasteiger partial charge in [-0.15, -0.1) is 0 Å². The average Bonchev–Trinajstić information content (AvgIpc) is 2.31. The van der Waals surface area contributed by atoms with Gasteiger partial charge in [0.15, 0.2) is 9.84 Å². The normalized spacial score (nSPS) is 13.3. The highest BCUT2D eigenvalue weighted by molar-refractivity contribution is 7.91. The monoisotopic (exact) mass is 282 g/mol. The minimum Gasteiger partial charge on any atom is -0.469 e. The van der Waals surface area contributed by atoms with Crippen molar-refractivity contribution in [1.29, 1.82) is 0 Å². The molecule has 7 heteroatoms. The molecule has 0 spiro atoms. The lowest BCUT2D eigenvalue weighted by Crippen LogP contribution is -2.24. The minimum atomic E-state index is -3.24. The Kier molecular flexibility index (Phi) is 8.95. The van der Waals surface area contributed by atoms with Crippen molar-refractivity contribution in [1.82, 2.24) is 0 Å². The van der Waals surface area contributed by atoms with Crippen molar-refractivity contribution in [2.24, 2.45) is 5.92 Å². The van der Waals surface area contributed by atoms with Gasteiger partial charge in [0, 0.05) is 13.7 Å². The van der Waals surface area contributed by atoms with E-state index in [1.54, 1.807) is 14.0 Å². The van der Waals surface area contributed by atoms with Crippen molar-refractivity contribution < 1.29 is 27.4 Å². The van der Waals surface area contributed by atoms with Crippen molar-refractivity contribution in [3.63, 3.8) is 0 Å². The maximum absolute atomic E-state index is 11.7. The smallest absolute Gasteiger partial charge is 0.309 e. The summed E-state index contributed by atoms with van der Waals surface area (Å²) in [6.07, 6.45) is 0.417. The topological polar surface area (TPSA) is 78.9 Å². The van der Waals surface area contributed by atoms with Crippen LogP contribution >= 0.6 is 0 Å². The lowest BCUT2D eigenvalue weighted by molar-refractivity contribution is -0.144. The van der Waals surface area contributed by atoms with E-state index >= 15 is 0 Å². The van der Waals surface area contributed by atoms with Gasteiger partial charge in [0.2, 0.25) is 0 Å². The van der Waals surface area contributed by atoms with Crippen molar-refractivity contribution in [2.75, 3.05) is 45.5 Å². The van der Waals surface area contributed by atoms with Gasteiger partial charge in [-0.2, -0.15) is 0 Å². The van der Waals surface area contributed by atoms with E-state index in [1.165, 1.54) is 7.11 Å². The first-order valence-corrected chi connectivity index (χ1v) is 7.60. The minimum absolute atomic E-state index is 0.0152. The second-order valence-electron chi connectivity index (χ2n) is 4.00. The molecule has 0 fully saturated rings. The Labute approximate surface area is 109 Å². The Hall–Kier alpha value is -0.660. The van der Waals surface area contributed by atoms with E-state index in [4.69, 9.17) is 9.47 Å². The molecular formula is C11H22O6S. The molecule has 0 bridgehead atoms. The van der Waals surface area contributed by atoms with Crippen LogP contribution in [0, 0.1) is 5.92 Å². The van der Waals surface area contributed by atoms with Crippen molar-refractivity contribution in [3.05, 3.63) is 0 Å². The number of esters is 1. The van der Waals surface area contributed by atoms with E-state index in [9.17, 15) is 13.2 Å². The van der Waals surface area contributed by atoms with E-state index < -0.39 is 21.7 Å². The molecule has 0 aromatic heterocycles. The Morgan fingerprint density at radius 3 is 2.39 bits per heavy atom. The number of hydrogen-bond donors (Lipinski definition) is 0. The SMILES string of the molecule is COCCOCCCS(=O)(=O)CC(C)C(=O)OC. The van der Waals surface area contributed by atoms with E-state index in [0.717, 1.165) is 0 Å². The zero-order valence-corrected chi connectivity index (χ0v) is 12.0. The van der Waals surface area contributed by atoms with Crippen LogP contribution in [0.25, 0.3) is 0 Å². The summed E-state index contributed by atoms with van der Waals surface area (Å²) in [5.41, 5.74) is 0. The fraction of sp³-hybridized carbons (Fsp3) is 0.909. The van der Waals surface area contributed by atoms with Crippen LogP contribution in [0.3, 0.4) is 0 Å². The number of hydrogen-bond acceptors (Lipinski definition) is 6. The third-order valence-electron chi connectivity index (χ3n) is 2.28. The zero-order chi connectivity index (χ0) is 14.0. The second kappa shape index (κ2) is 9.29. The lowest BCUT2D eigenvalue weighted by Gasteiger charge is -2.10. The van der Waals surface area contributed by atoms with Crippen LogP contribution in [0.2, 0.25) is 0 Å². The number of carbonyl (C=O) groups is 1. The predicted molar refractivity (Wildman–Crippen MR) is 67.1 cm³/mol. The van der Waals surface area contributed by atoms with Gasteiger partial charge in [-0.05, 0) is 6.42 Å². The molecule has 18 heavy (non-hydrogen) atoms. The molecule has 1 unspecified atom stereocenters. The van der Waals surface area contributed by atoms with Gasteiger partial charge in [-0.3, -0.25) is 4.79 Å². The van der Waals surface area contributed by atoms with E-state index in [0.29, 0.717) is 26.2 Å². The molecule has 0 rings (SSSR count). The molecule has 0 aliphatic rings. The summed E-state index contributed by atoms with van der Waals surface area (Å²) < 4.78 is 37.8. The largest absolute Gasteiger partial charge is 0.469 e. The summed E-state index contributed by atoms with van der Waals surface area (Å²) in [5.74, 6) is -1.30. The number of methoxy groups -OCH3 is 2. The molecule has 0 aliphatic heterocycles. The van der Waals surface area contributed by atoms with Crippen LogP contribution in [0.15, 0.2) is 0 Å². The van der Waals surface area contributed by atoms with Gasteiger partial charge in [-0.1, -0.05) is 6.92 Å². The fourth-order valence-corrected chi connectivity index (χ4v) is 2.98. The quantitative estimate of drug-likeness (QED) is 0.422. The second-order valence-corrected chi connectivity index (χ2v) is 6.23. The Bertz CT molecular complexity index is 324. The molecule has 0 amide bonds. The van der Waals surface area contributed by atoms with Crippen LogP contribution in [-0.2, 0) is 28.8 Å². The van der Waals surface area contributed by atoms with Crippen LogP contribution in [0.1, 0.15) is 13.3 Å². The van der Waals surface area contributed by atoms with Crippen molar-refractivity contribution in [3.8, 4) is 0 Å². The molecule has 0 saturated carbocycles. The molecule has 0 aromatic carbocycles. The lowest BCUT2D eigenvalue weighted by atomic mass is 10.2. The number of rotatable bonds is 10. The highest BCUT2D eigenvalue weighted by Gasteiger charge is 2.21.